The van der Waals surface area contributed by atoms with E-state index in [4.69, 9.17) is 16.7 Å². The van der Waals surface area contributed by atoms with Crippen LogP contribution in [0.4, 0.5) is 0 Å². The molecular formula is C5H5ClO2. The van der Waals surface area contributed by atoms with Crippen molar-refractivity contribution in [2.75, 3.05) is 0 Å². The molecule has 0 aromatic carbocycles. The van der Waals surface area contributed by atoms with Crippen LogP contribution < -0.4 is 0 Å². The number of hydrogen-bond donors (Lipinski definition) is 1. The number of aliphatic hydroxyl groups is 1. The van der Waals surface area contributed by atoms with Crippen LogP contribution in [0.25, 0.3) is 0 Å². The smallest absolute Gasteiger partial charge is 0.227 e. The first-order valence-electron chi connectivity index (χ1n) is 2.16. The van der Waals surface area contributed by atoms with Crippen molar-refractivity contribution in [1.82, 2.24) is 0 Å². The Bertz CT molecular complexity index is 139. The van der Waals surface area contributed by atoms with Crippen LogP contribution in [0.1, 0.15) is 0 Å². The molecule has 0 saturated carbocycles. The van der Waals surface area contributed by atoms with Gasteiger partial charge in [0.05, 0.1) is 6.26 Å². The summed E-state index contributed by atoms with van der Waals surface area (Å²) in [5.74, 6) is 0.0502. The average molecular weight is 133 g/mol. The van der Waals surface area contributed by atoms with Crippen LogP contribution >= 0.6 is 11.6 Å². The van der Waals surface area contributed by atoms with E-state index in [-0.39, 0.29) is 5.76 Å². The van der Waals surface area contributed by atoms with Crippen LogP contribution in [-0.2, 0) is 4.74 Å². The van der Waals surface area contributed by atoms with Crippen molar-refractivity contribution in [2.45, 2.75) is 5.56 Å². The van der Waals surface area contributed by atoms with E-state index in [1.54, 1.807) is 6.08 Å². The van der Waals surface area contributed by atoms with Gasteiger partial charge in [0.15, 0.2) is 0 Å². The van der Waals surface area contributed by atoms with Gasteiger partial charge in [-0.2, -0.15) is 0 Å². The van der Waals surface area contributed by atoms with Crippen LogP contribution in [0.2, 0.25) is 0 Å². The molecule has 1 atom stereocenters. The maximum atomic E-state index is 8.73. The first-order valence-corrected chi connectivity index (χ1v) is 2.59. The summed E-state index contributed by atoms with van der Waals surface area (Å²) in [7, 11) is 0. The molecule has 1 N–H and O–H groups in total. The van der Waals surface area contributed by atoms with E-state index >= 15 is 0 Å². The summed E-state index contributed by atoms with van der Waals surface area (Å²) in [6.45, 7) is 0. The van der Waals surface area contributed by atoms with Crippen molar-refractivity contribution in [3.63, 3.8) is 0 Å². The Kier molecular flexibility index (Phi) is 1.44. The lowest BCUT2D eigenvalue weighted by Gasteiger charge is -2.09. The third-order valence-corrected chi connectivity index (χ3v) is 1.10. The zero-order chi connectivity index (χ0) is 5.98. The van der Waals surface area contributed by atoms with Gasteiger partial charge in [0.1, 0.15) is 5.76 Å². The maximum absolute atomic E-state index is 8.73. The molecule has 1 aliphatic heterocycles. The van der Waals surface area contributed by atoms with Crippen LogP contribution in [-0.4, -0.2) is 10.7 Å². The van der Waals surface area contributed by atoms with Crippen molar-refractivity contribution >= 4 is 11.6 Å². The Morgan fingerprint density at radius 1 is 1.75 bits per heavy atom. The van der Waals surface area contributed by atoms with E-state index < -0.39 is 5.56 Å². The second-order valence-electron chi connectivity index (χ2n) is 1.37. The zero-order valence-corrected chi connectivity index (χ0v) is 4.80. The molecule has 0 radical (unpaired) electrons. The van der Waals surface area contributed by atoms with Crippen LogP contribution in [0.5, 0.6) is 0 Å². The number of aliphatic hydroxyl groups excluding tert-OH is 1. The molecule has 0 amide bonds. The lowest BCUT2D eigenvalue weighted by Crippen LogP contribution is -2.06. The predicted octanol–water partition coefficient (Wildman–Crippen LogP) is 1.54. The van der Waals surface area contributed by atoms with Crippen molar-refractivity contribution in [3.05, 3.63) is 24.2 Å². The van der Waals surface area contributed by atoms with Gasteiger partial charge in [0, 0.05) is 0 Å². The molecule has 3 heteroatoms. The van der Waals surface area contributed by atoms with Crippen molar-refractivity contribution in [1.29, 1.82) is 0 Å². The molecule has 0 saturated heterocycles. The fourth-order valence-electron chi connectivity index (χ4n) is 0.398. The molecule has 0 fully saturated rings. The molecule has 1 unspecified atom stereocenters. The summed E-state index contributed by atoms with van der Waals surface area (Å²) in [4.78, 5) is 0. The molecule has 1 heterocycles. The van der Waals surface area contributed by atoms with E-state index in [9.17, 15) is 0 Å². The standard InChI is InChI=1S/C5H5ClO2/c6-5-4(7)2-1-3-8-5/h1-3,5,7H. The van der Waals surface area contributed by atoms with Crippen molar-refractivity contribution in [3.8, 4) is 0 Å². The van der Waals surface area contributed by atoms with Gasteiger partial charge in [-0.05, 0) is 12.2 Å². The van der Waals surface area contributed by atoms with Gasteiger partial charge in [0.2, 0.25) is 5.56 Å². The van der Waals surface area contributed by atoms with Gasteiger partial charge in [-0.1, -0.05) is 11.6 Å². The van der Waals surface area contributed by atoms with Gasteiger partial charge in [-0.15, -0.1) is 0 Å². The highest BCUT2D eigenvalue weighted by atomic mass is 35.5. The third-order valence-electron chi connectivity index (χ3n) is 0.776. The lowest BCUT2D eigenvalue weighted by atomic mass is 10.4. The number of alkyl halides is 1. The fraction of sp³-hybridized carbons (Fsp3) is 0.200. The molecule has 0 bridgehead atoms. The van der Waals surface area contributed by atoms with Crippen molar-refractivity contribution < 1.29 is 9.84 Å². The predicted molar refractivity (Wildman–Crippen MR) is 30.6 cm³/mol. The molecule has 0 spiro atoms. The minimum atomic E-state index is -0.694. The zero-order valence-electron chi connectivity index (χ0n) is 4.04. The first-order chi connectivity index (χ1) is 3.80. The topological polar surface area (TPSA) is 29.5 Å². The van der Waals surface area contributed by atoms with Gasteiger partial charge in [-0.25, -0.2) is 0 Å². The Balaban J connectivity index is 2.66. The molecule has 44 valence electrons. The van der Waals surface area contributed by atoms with Gasteiger partial charge in [0.25, 0.3) is 0 Å². The summed E-state index contributed by atoms with van der Waals surface area (Å²) in [5, 5.41) is 8.73. The number of hydrogen-bond acceptors (Lipinski definition) is 2. The van der Waals surface area contributed by atoms with E-state index in [0.29, 0.717) is 0 Å². The van der Waals surface area contributed by atoms with E-state index in [2.05, 4.69) is 4.74 Å². The highest BCUT2D eigenvalue weighted by Gasteiger charge is 2.09. The Hall–Kier alpha value is -0.630. The SMILES string of the molecule is OC1=CC=COC1Cl. The first kappa shape index (κ1) is 5.51. The quantitative estimate of drug-likeness (QED) is 0.507. The van der Waals surface area contributed by atoms with Crippen molar-refractivity contribution in [2.24, 2.45) is 0 Å². The molecule has 0 aliphatic carbocycles. The highest BCUT2D eigenvalue weighted by molar-refractivity contribution is 6.21. The molecule has 0 aromatic rings. The van der Waals surface area contributed by atoms with Crippen LogP contribution in [0, 0.1) is 0 Å². The lowest BCUT2D eigenvalue weighted by molar-refractivity contribution is 0.185. The maximum Gasteiger partial charge on any atom is 0.227 e. The second-order valence-corrected chi connectivity index (χ2v) is 1.77. The normalized spacial score (nSPS) is 26.6. The highest BCUT2D eigenvalue weighted by Crippen LogP contribution is 2.12. The van der Waals surface area contributed by atoms with E-state index in [0.717, 1.165) is 0 Å². The summed E-state index contributed by atoms with van der Waals surface area (Å²) < 4.78 is 4.66. The molecule has 0 aromatic heterocycles. The molecule has 1 rings (SSSR count). The number of ether oxygens (including phenoxy) is 1. The fourth-order valence-corrected chi connectivity index (χ4v) is 0.530. The van der Waals surface area contributed by atoms with E-state index in [1.807, 2.05) is 0 Å². The summed E-state index contributed by atoms with van der Waals surface area (Å²) in [6.07, 6.45) is 4.49. The number of rotatable bonds is 0. The molecular weight excluding hydrogens is 128 g/mol. The summed E-state index contributed by atoms with van der Waals surface area (Å²) in [6, 6.07) is 0. The Labute approximate surface area is 52.0 Å². The summed E-state index contributed by atoms with van der Waals surface area (Å²) in [5.41, 5.74) is -0.694. The van der Waals surface area contributed by atoms with Gasteiger partial charge in [-0.3, -0.25) is 0 Å². The minimum Gasteiger partial charge on any atom is -0.507 e. The van der Waals surface area contributed by atoms with E-state index in [1.165, 1.54) is 12.3 Å². The average Bonchev–Trinajstić information content (AvgIpc) is 1.77. The summed E-state index contributed by atoms with van der Waals surface area (Å²) >= 11 is 5.38. The molecule has 8 heavy (non-hydrogen) atoms. The Morgan fingerprint density at radius 2 is 2.50 bits per heavy atom. The number of allylic oxidation sites excluding steroid dienone is 2. The molecule has 2 nitrogen and oxygen atoms in total. The largest absolute Gasteiger partial charge is 0.507 e. The monoisotopic (exact) mass is 132 g/mol. The Morgan fingerprint density at radius 3 is 2.88 bits per heavy atom. The van der Waals surface area contributed by atoms with Crippen LogP contribution in [0.3, 0.4) is 0 Å². The number of halogens is 1. The second kappa shape index (κ2) is 2.09. The third kappa shape index (κ3) is 0.954. The minimum absolute atomic E-state index is 0.0502. The van der Waals surface area contributed by atoms with Gasteiger partial charge >= 0.3 is 0 Å². The molecule has 1 aliphatic rings. The van der Waals surface area contributed by atoms with Crippen LogP contribution in [0.15, 0.2) is 24.2 Å². The van der Waals surface area contributed by atoms with Gasteiger partial charge < -0.3 is 9.84 Å².